The largest absolute Gasteiger partial charge is 0.197 e. The summed E-state index contributed by atoms with van der Waals surface area (Å²) in [6.45, 7) is 0. The van der Waals surface area contributed by atoms with E-state index in [1.54, 1.807) is 24.4 Å². The Morgan fingerprint density at radius 3 is 2.62 bits per heavy atom. The molecule has 0 fully saturated rings. The number of hydrogen-bond acceptors (Lipinski definition) is 3. The summed E-state index contributed by atoms with van der Waals surface area (Å²) >= 11 is 12.1. The van der Waals surface area contributed by atoms with Gasteiger partial charge in [0, 0.05) is 21.0 Å². The maximum Gasteiger partial charge on any atom is 0.0999 e. The van der Waals surface area contributed by atoms with E-state index in [1.807, 2.05) is 24.3 Å². The Bertz CT molecular complexity index is 850. The van der Waals surface area contributed by atoms with Crippen LogP contribution in [0.4, 0.5) is 0 Å². The molecule has 3 rings (SSSR count). The fraction of sp³-hybridized carbons (Fsp3) is 0.0625. The zero-order chi connectivity index (χ0) is 14.8. The van der Waals surface area contributed by atoms with Crippen LogP contribution in [0.1, 0.15) is 17.0 Å². The summed E-state index contributed by atoms with van der Waals surface area (Å²) in [4.78, 5) is 0. The van der Waals surface area contributed by atoms with Crippen LogP contribution in [0.5, 0.6) is 0 Å². The molecule has 0 unspecified atom stereocenters. The van der Waals surface area contributed by atoms with Gasteiger partial charge < -0.3 is 0 Å². The van der Waals surface area contributed by atoms with Gasteiger partial charge in [-0.1, -0.05) is 47.5 Å². The first-order chi connectivity index (χ1) is 10.2. The van der Waals surface area contributed by atoms with E-state index < -0.39 is 5.92 Å². The van der Waals surface area contributed by atoms with E-state index in [-0.39, 0.29) is 0 Å². The van der Waals surface area contributed by atoms with E-state index in [1.165, 1.54) is 0 Å². The van der Waals surface area contributed by atoms with E-state index in [0.29, 0.717) is 15.6 Å². The number of halogens is 2. The van der Waals surface area contributed by atoms with Crippen LogP contribution in [0.25, 0.3) is 10.9 Å². The van der Waals surface area contributed by atoms with Crippen LogP contribution in [0.15, 0.2) is 48.7 Å². The smallest absolute Gasteiger partial charge is 0.0999 e. The molecule has 0 radical (unpaired) electrons. The molecular weight excluding hydrogens is 305 g/mol. The Balaban J connectivity index is 2.22. The average Bonchev–Trinajstić information content (AvgIpc) is 2.50. The third-order valence-electron chi connectivity index (χ3n) is 3.29. The van der Waals surface area contributed by atoms with Crippen LogP contribution < -0.4 is 0 Å². The molecule has 0 aliphatic rings. The van der Waals surface area contributed by atoms with Gasteiger partial charge in [0.05, 0.1) is 23.7 Å². The summed E-state index contributed by atoms with van der Waals surface area (Å²) in [5.41, 5.74) is 2.24. The lowest BCUT2D eigenvalue weighted by molar-refractivity contribution is 0.988. The van der Waals surface area contributed by atoms with Gasteiger partial charge in [0.15, 0.2) is 0 Å². The van der Waals surface area contributed by atoms with Crippen molar-refractivity contribution in [1.82, 2.24) is 10.2 Å². The minimum Gasteiger partial charge on any atom is -0.197 e. The maximum atomic E-state index is 9.60. The summed E-state index contributed by atoms with van der Waals surface area (Å²) in [7, 11) is 0. The highest BCUT2D eigenvalue weighted by Crippen LogP contribution is 2.34. The van der Waals surface area contributed by atoms with Gasteiger partial charge >= 0.3 is 0 Å². The fourth-order valence-corrected chi connectivity index (χ4v) is 2.82. The standard InChI is InChI=1S/C16H9Cl2N3/c17-10-5-6-11(15(18)7-10)13(8-19)14-9-20-21-16-4-2-1-3-12(14)16/h1-7,9,13H/t13-/m0/s1. The van der Waals surface area contributed by atoms with Gasteiger partial charge in [-0.3, -0.25) is 0 Å². The van der Waals surface area contributed by atoms with Crippen molar-refractivity contribution in [3.05, 3.63) is 69.8 Å². The summed E-state index contributed by atoms with van der Waals surface area (Å²) in [6.07, 6.45) is 1.61. The molecule has 3 nitrogen and oxygen atoms in total. The number of benzene rings is 2. The first-order valence-electron chi connectivity index (χ1n) is 6.25. The van der Waals surface area contributed by atoms with Crippen molar-refractivity contribution in [2.24, 2.45) is 0 Å². The molecule has 0 saturated heterocycles. The topological polar surface area (TPSA) is 49.6 Å². The second kappa shape index (κ2) is 5.69. The highest BCUT2D eigenvalue weighted by atomic mass is 35.5. The summed E-state index contributed by atoms with van der Waals surface area (Å²) in [5, 5.41) is 19.6. The van der Waals surface area contributed by atoms with Crippen LogP contribution in [0.2, 0.25) is 10.0 Å². The Hall–Kier alpha value is -2.15. The van der Waals surface area contributed by atoms with Gasteiger partial charge in [-0.2, -0.15) is 15.5 Å². The summed E-state index contributed by atoms with van der Waals surface area (Å²) in [6, 6.07) is 15.0. The van der Waals surface area contributed by atoms with E-state index in [9.17, 15) is 5.26 Å². The van der Waals surface area contributed by atoms with Gasteiger partial charge in [0.2, 0.25) is 0 Å². The quantitative estimate of drug-likeness (QED) is 0.695. The molecule has 102 valence electrons. The molecule has 1 atom stereocenters. The minimum absolute atomic E-state index is 0.468. The molecule has 5 heteroatoms. The zero-order valence-corrected chi connectivity index (χ0v) is 12.3. The maximum absolute atomic E-state index is 9.60. The molecule has 0 N–H and O–H groups in total. The summed E-state index contributed by atoms with van der Waals surface area (Å²) < 4.78 is 0. The van der Waals surface area contributed by atoms with Crippen LogP contribution in [0.3, 0.4) is 0 Å². The lowest BCUT2D eigenvalue weighted by atomic mass is 9.91. The minimum atomic E-state index is -0.518. The van der Waals surface area contributed by atoms with Gasteiger partial charge in [0.1, 0.15) is 0 Å². The third kappa shape index (κ3) is 2.56. The number of aromatic nitrogens is 2. The van der Waals surface area contributed by atoms with E-state index in [0.717, 1.165) is 16.5 Å². The molecule has 21 heavy (non-hydrogen) atoms. The van der Waals surface area contributed by atoms with Crippen molar-refractivity contribution in [3.8, 4) is 6.07 Å². The first kappa shape index (κ1) is 13.8. The van der Waals surface area contributed by atoms with Crippen molar-refractivity contribution >= 4 is 34.1 Å². The van der Waals surface area contributed by atoms with Crippen molar-refractivity contribution in [2.75, 3.05) is 0 Å². The van der Waals surface area contributed by atoms with Gasteiger partial charge in [-0.05, 0) is 23.8 Å². The first-order valence-corrected chi connectivity index (χ1v) is 7.01. The lowest BCUT2D eigenvalue weighted by Crippen LogP contribution is -2.02. The predicted octanol–water partition coefficient (Wildman–Crippen LogP) is 4.59. The van der Waals surface area contributed by atoms with Crippen molar-refractivity contribution in [1.29, 1.82) is 5.26 Å². The SMILES string of the molecule is N#C[C@@H](c1ccc(Cl)cc1Cl)c1cnnc2ccccc12. The molecule has 0 saturated carbocycles. The molecular formula is C16H9Cl2N3. The Labute approximate surface area is 131 Å². The molecule has 0 amide bonds. The van der Waals surface area contributed by atoms with E-state index in [2.05, 4.69) is 16.3 Å². The van der Waals surface area contributed by atoms with Crippen LogP contribution >= 0.6 is 23.2 Å². The molecule has 3 aromatic rings. The summed E-state index contributed by atoms with van der Waals surface area (Å²) in [5.74, 6) is -0.518. The van der Waals surface area contributed by atoms with Crippen LogP contribution in [-0.4, -0.2) is 10.2 Å². The van der Waals surface area contributed by atoms with Crippen molar-refractivity contribution < 1.29 is 0 Å². The number of rotatable bonds is 2. The fourth-order valence-electron chi connectivity index (χ4n) is 2.30. The van der Waals surface area contributed by atoms with E-state index in [4.69, 9.17) is 23.2 Å². The highest BCUT2D eigenvalue weighted by Gasteiger charge is 2.19. The predicted molar refractivity (Wildman–Crippen MR) is 83.5 cm³/mol. The Kier molecular flexibility index (Phi) is 3.74. The van der Waals surface area contributed by atoms with Crippen LogP contribution in [-0.2, 0) is 0 Å². The van der Waals surface area contributed by atoms with Gasteiger partial charge in [-0.15, -0.1) is 0 Å². The zero-order valence-electron chi connectivity index (χ0n) is 10.8. The number of nitriles is 1. The van der Waals surface area contributed by atoms with Crippen molar-refractivity contribution in [3.63, 3.8) is 0 Å². The number of hydrogen-bond donors (Lipinski definition) is 0. The average molecular weight is 314 g/mol. The number of fused-ring (bicyclic) bond motifs is 1. The molecule has 0 aliphatic carbocycles. The van der Waals surface area contributed by atoms with Gasteiger partial charge in [-0.25, -0.2) is 0 Å². The molecule has 0 spiro atoms. The lowest BCUT2D eigenvalue weighted by Gasteiger charge is -2.13. The molecule has 1 aromatic heterocycles. The second-order valence-electron chi connectivity index (χ2n) is 4.55. The van der Waals surface area contributed by atoms with Crippen molar-refractivity contribution in [2.45, 2.75) is 5.92 Å². The van der Waals surface area contributed by atoms with E-state index >= 15 is 0 Å². The molecule has 0 aliphatic heterocycles. The molecule has 1 heterocycles. The second-order valence-corrected chi connectivity index (χ2v) is 5.39. The Morgan fingerprint density at radius 1 is 1.05 bits per heavy atom. The monoisotopic (exact) mass is 313 g/mol. The van der Waals surface area contributed by atoms with Crippen LogP contribution in [0, 0.1) is 11.3 Å². The van der Waals surface area contributed by atoms with Gasteiger partial charge in [0.25, 0.3) is 0 Å². The Morgan fingerprint density at radius 2 is 1.86 bits per heavy atom. The molecule has 2 aromatic carbocycles. The third-order valence-corrected chi connectivity index (χ3v) is 3.85. The molecule has 0 bridgehead atoms. The normalized spacial score (nSPS) is 12.0. The highest BCUT2D eigenvalue weighted by molar-refractivity contribution is 6.35. The number of nitrogens with zero attached hydrogens (tertiary/aromatic N) is 3.